The van der Waals surface area contributed by atoms with Crippen molar-refractivity contribution in [3.05, 3.63) is 273 Å². The lowest BCUT2D eigenvalue weighted by atomic mass is 9.95. The quantitative estimate of drug-likeness (QED) is 0.0611. The SMILES string of the molecule is COC(=O)c1ccnc([C@@H](O)[C@H](Cc2cc(F)cc(F)c2)N(Cc2ccccc2)Cc2ccccc2)c1.O[C@H](c1cc(Cl)ccn1)[C@H](Cc1cc(F)cc(F)c1)N(Cc1ccccc1)Cc1ccccc1. The van der Waals surface area contributed by atoms with E-state index in [1.54, 1.807) is 18.3 Å². The Bertz CT molecular complexity index is 2800. The highest BCUT2D eigenvalue weighted by Crippen LogP contribution is 2.30. The van der Waals surface area contributed by atoms with Crippen LogP contribution < -0.4 is 0 Å². The van der Waals surface area contributed by atoms with Gasteiger partial charge in [-0.05, 0) is 94.8 Å². The van der Waals surface area contributed by atoms with Crippen molar-refractivity contribution in [1.29, 1.82) is 0 Å². The molecule has 0 aliphatic rings. The fourth-order valence-electron chi connectivity index (χ4n) is 8.51. The first-order valence-electron chi connectivity index (χ1n) is 23.0. The molecule has 0 spiro atoms. The second kappa shape index (κ2) is 25.7. The fourth-order valence-corrected chi connectivity index (χ4v) is 8.67. The predicted molar refractivity (Wildman–Crippen MR) is 267 cm³/mol. The summed E-state index contributed by atoms with van der Waals surface area (Å²) in [6, 6.07) is 51.2. The Morgan fingerprint density at radius 2 is 0.831 bits per heavy atom. The third kappa shape index (κ3) is 15.5. The molecular weight excluding hydrogens is 928 g/mol. The third-order valence-electron chi connectivity index (χ3n) is 11.9. The molecule has 0 unspecified atom stereocenters. The summed E-state index contributed by atoms with van der Waals surface area (Å²) in [5.74, 6) is -3.23. The Balaban J connectivity index is 0.000000209. The minimum absolute atomic E-state index is 0.139. The topological polar surface area (TPSA) is 99.0 Å². The zero-order valence-corrected chi connectivity index (χ0v) is 39.7. The van der Waals surface area contributed by atoms with Crippen molar-refractivity contribution in [3.8, 4) is 0 Å². The second-order valence-electron chi connectivity index (χ2n) is 17.1. The number of ether oxygens (including phenoxy) is 1. The molecule has 6 aromatic carbocycles. The molecule has 0 bridgehead atoms. The summed E-state index contributed by atoms with van der Waals surface area (Å²) >= 11 is 6.17. The highest BCUT2D eigenvalue weighted by Gasteiger charge is 2.31. The first kappa shape index (κ1) is 51.8. The van der Waals surface area contributed by atoms with Gasteiger partial charge in [-0.3, -0.25) is 19.8 Å². The number of methoxy groups -OCH3 is 1. The van der Waals surface area contributed by atoms with Crippen LogP contribution in [-0.2, 0) is 43.8 Å². The van der Waals surface area contributed by atoms with Crippen molar-refractivity contribution < 1.29 is 37.3 Å². The minimum Gasteiger partial charge on any atom is -0.465 e. The molecule has 8 nitrogen and oxygen atoms in total. The summed E-state index contributed by atoms with van der Waals surface area (Å²) in [4.78, 5) is 24.9. The molecule has 2 N–H and O–H groups in total. The number of halogens is 5. The molecule has 0 aliphatic carbocycles. The van der Waals surface area contributed by atoms with E-state index < -0.39 is 53.5 Å². The van der Waals surface area contributed by atoms with Gasteiger partial charge in [0.25, 0.3) is 0 Å². The Kier molecular flexibility index (Phi) is 18.7. The van der Waals surface area contributed by atoms with Gasteiger partial charge in [0.05, 0.1) is 24.1 Å². The van der Waals surface area contributed by atoms with Gasteiger partial charge in [0.15, 0.2) is 0 Å². The van der Waals surface area contributed by atoms with E-state index in [2.05, 4.69) is 19.8 Å². The second-order valence-corrected chi connectivity index (χ2v) is 17.5. The van der Waals surface area contributed by atoms with Crippen LogP contribution in [0.2, 0.25) is 5.02 Å². The molecule has 2 heterocycles. The smallest absolute Gasteiger partial charge is 0.337 e. The summed E-state index contributed by atoms with van der Waals surface area (Å²) in [5.41, 5.74) is 5.90. The van der Waals surface area contributed by atoms with Crippen molar-refractivity contribution >= 4 is 17.6 Å². The van der Waals surface area contributed by atoms with Crippen molar-refractivity contribution in [2.75, 3.05) is 7.11 Å². The molecule has 71 heavy (non-hydrogen) atoms. The number of hydrogen-bond donors (Lipinski definition) is 2. The number of aliphatic hydroxyl groups is 2. The lowest BCUT2D eigenvalue weighted by molar-refractivity contribution is 0.0354. The normalized spacial score (nSPS) is 12.9. The van der Waals surface area contributed by atoms with E-state index in [4.69, 9.17) is 16.3 Å². The molecule has 8 rings (SSSR count). The number of aromatic nitrogens is 2. The van der Waals surface area contributed by atoms with Gasteiger partial charge in [0.2, 0.25) is 0 Å². The molecule has 2 aromatic heterocycles. The average molecular weight is 982 g/mol. The number of hydrogen-bond acceptors (Lipinski definition) is 8. The van der Waals surface area contributed by atoms with Crippen molar-refractivity contribution in [1.82, 2.24) is 19.8 Å². The van der Waals surface area contributed by atoms with Gasteiger partial charge < -0.3 is 14.9 Å². The lowest BCUT2D eigenvalue weighted by Gasteiger charge is -2.35. The standard InChI is InChI=1S/C30H28F2N2O3.C28H25ClF2N2O/c1-37-30(36)24-12-13-33-27(17-24)29(35)28(16-23-14-25(31)18-26(32)15-23)34(19-21-8-4-2-5-9-21)20-22-10-6-3-7-11-22;29-23-11-12-32-26(16-23)28(34)27(15-22-13-24(30)17-25(31)14-22)33(18-20-7-3-1-4-8-20)19-21-9-5-2-6-10-21/h2-15,17-18,28-29,35H,16,19-20H2,1H3;1-14,16-17,27-28,34H,15,18-19H2/t28-,29+;27-,28+/m00/s1. The van der Waals surface area contributed by atoms with E-state index in [0.29, 0.717) is 48.0 Å². The monoisotopic (exact) mass is 980 g/mol. The number of esters is 1. The van der Waals surface area contributed by atoms with E-state index in [1.165, 1.54) is 49.7 Å². The molecule has 0 amide bonds. The van der Waals surface area contributed by atoms with Gasteiger partial charge in [0, 0.05) is 67.8 Å². The van der Waals surface area contributed by atoms with Crippen LogP contribution in [0.25, 0.3) is 0 Å². The number of rotatable bonds is 19. The van der Waals surface area contributed by atoms with Crippen molar-refractivity contribution in [2.45, 2.75) is 63.3 Å². The van der Waals surface area contributed by atoms with Crippen LogP contribution in [0.5, 0.6) is 0 Å². The summed E-state index contributed by atoms with van der Waals surface area (Å²) < 4.78 is 61.0. The number of pyridine rings is 2. The largest absolute Gasteiger partial charge is 0.465 e. The molecule has 0 aliphatic heterocycles. The maximum absolute atomic E-state index is 14.1. The Hall–Kier alpha value is -7.06. The number of nitrogens with zero attached hydrogens (tertiary/aromatic N) is 4. The summed E-state index contributed by atoms with van der Waals surface area (Å²) in [6.07, 6.45) is 1.10. The molecule has 0 saturated carbocycles. The van der Waals surface area contributed by atoms with Crippen LogP contribution >= 0.6 is 11.6 Å². The Labute approximate surface area is 416 Å². The highest BCUT2D eigenvalue weighted by atomic mass is 35.5. The maximum atomic E-state index is 14.1. The van der Waals surface area contributed by atoms with Crippen molar-refractivity contribution in [2.24, 2.45) is 0 Å². The number of carbonyl (C=O) groups is 1. The van der Waals surface area contributed by atoms with Gasteiger partial charge in [-0.1, -0.05) is 133 Å². The van der Waals surface area contributed by atoms with Gasteiger partial charge in [-0.2, -0.15) is 0 Å². The zero-order chi connectivity index (χ0) is 50.1. The van der Waals surface area contributed by atoms with Crippen LogP contribution in [-0.4, -0.2) is 55.1 Å². The fraction of sp³-hybridized carbons (Fsp3) is 0.190. The van der Waals surface area contributed by atoms with E-state index in [9.17, 15) is 32.6 Å². The van der Waals surface area contributed by atoms with Gasteiger partial charge >= 0.3 is 5.97 Å². The van der Waals surface area contributed by atoms with Crippen LogP contribution in [0.3, 0.4) is 0 Å². The van der Waals surface area contributed by atoms with Gasteiger partial charge in [-0.25, -0.2) is 22.4 Å². The summed E-state index contributed by atoms with van der Waals surface area (Å²) in [6.45, 7) is 1.98. The molecule has 0 radical (unpaired) electrons. The van der Waals surface area contributed by atoms with E-state index >= 15 is 0 Å². The Morgan fingerprint density at radius 1 is 0.493 bits per heavy atom. The maximum Gasteiger partial charge on any atom is 0.337 e. The van der Waals surface area contributed by atoms with Crippen LogP contribution in [0.4, 0.5) is 17.6 Å². The van der Waals surface area contributed by atoms with Crippen LogP contribution in [0, 0.1) is 23.3 Å². The first-order chi connectivity index (χ1) is 34.4. The third-order valence-corrected chi connectivity index (χ3v) is 12.1. The lowest BCUT2D eigenvalue weighted by Crippen LogP contribution is -2.41. The Morgan fingerprint density at radius 3 is 1.17 bits per heavy atom. The van der Waals surface area contributed by atoms with Crippen molar-refractivity contribution in [3.63, 3.8) is 0 Å². The molecular formula is C58H53ClF4N4O4. The minimum atomic E-state index is -1.18. The molecule has 8 aromatic rings. The van der Waals surface area contributed by atoms with Crippen LogP contribution in [0.15, 0.2) is 194 Å². The highest BCUT2D eigenvalue weighted by molar-refractivity contribution is 6.30. The molecule has 4 atom stereocenters. The van der Waals surface area contributed by atoms with E-state index in [-0.39, 0.29) is 24.1 Å². The van der Waals surface area contributed by atoms with E-state index in [0.717, 1.165) is 34.4 Å². The van der Waals surface area contributed by atoms with E-state index in [1.807, 2.05) is 121 Å². The number of aliphatic hydroxyl groups excluding tert-OH is 2. The predicted octanol–water partition coefficient (Wildman–Crippen LogP) is 11.9. The number of benzene rings is 6. The zero-order valence-electron chi connectivity index (χ0n) is 38.9. The summed E-state index contributed by atoms with van der Waals surface area (Å²) in [5, 5.41) is 23.6. The number of carbonyl (C=O) groups excluding carboxylic acids is 1. The van der Waals surface area contributed by atoms with Gasteiger partial charge in [-0.15, -0.1) is 0 Å². The van der Waals surface area contributed by atoms with Crippen LogP contribution in [0.1, 0.15) is 67.3 Å². The molecule has 364 valence electrons. The van der Waals surface area contributed by atoms with Gasteiger partial charge in [0.1, 0.15) is 35.5 Å². The average Bonchev–Trinajstić information content (AvgIpc) is 3.37. The molecule has 0 fully saturated rings. The molecule has 13 heteroatoms. The first-order valence-corrected chi connectivity index (χ1v) is 23.3. The summed E-state index contributed by atoms with van der Waals surface area (Å²) in [7, 11) is 1.28. The molecule has 0 saturated heterocycles.